The van der Waals surface area contributed by atoms with Gasteiger partial charge in [-0.1, -0.05) is 188 Å². The average Bonchev–Trinajstić information content (AvgIpc) is 0.671. The maximum atomic E-state index is 15.7. The van der Waals surface area contributed by atoms with Crippen molar-refractivity contribution in [3.05, 3.63) is 257 Å². The van der Waals surface area contributed by atoms with Crippen molar-refractivity contribution in [3.8, 4) is 0 Å². The van der Waals surface area contributed by atoms with E-state index in [0.717, 1.165) is 20.8 Å². The number of esters is 9. The van der Waals surface area contributed by atoms with E-state index < -0.39 is 225 Å². The van der Waals surface area contributed by atoms with Crippen molar-refractivity contribution >= 4 is 71.2 Å². The van der Waals surface area contributed by atoms with E-state index in [0.29, 0.717) is 11.1 Å². The highest BCUT2D eigenvalue weighted by Gasteiger charge is 2.81. The molecule has 6 aromatic rings. The zero-order valence-corrected chi connectivity index (χ0v) is 73.5. The standard InChI is InChI=1S/C48H53NO13.C47H51NO14.C3H4.H2O/c1-26-23-34-47(25-57-34,62-29(4)51)39-41(61-43(54)32-21-15-10-16-22-32)48(56)24-33(27(2)35(45(48,5)6)37(58-28(3)50)40(52)46(26,39)7)59-44(55)38(36(49)30-17-11-8-12-18-30)60-42(53)31-19-13-9-14-20-31;1-25-31(60-43(56)36(52)35(28-16-10-7-11-17-28)48-41(54)29-18-12-8-13-19-29)23-47(57)40(61-42(55)30-20-14-9-15-21-30)38-45(6,32(51)22-33-46(38,24-58-33)62-27(3)50)39(53)37(59-26(2)49)34(25)44(47,4)5;1-3-2;/h8-22,26,33-34,36-39,41,56H,23-25,49H2,1-7H3;7-21,31-33,35-38,40,51-52,57H,22-24H2,1-6H3,(H,48,54);1-2H2;1H2/t26-,33?,34+,36?,37+,38?,39-,41-,46+,47-,48+;31?,32-,33+,35?,36+,37+,38-,40-,45+,46-,47+;;/m00../s1. The number of Topliss-reactive ketones (excluding diaryl/α,β-unsaturated/α-hetero) is 2. The monoisotopic (exact) mass is 1760 g/mol. The Morgan fingerprint density at radius 3 is 1.23 bits per heavy atom. The van der Waals surface area contributed by atoms with E-state index in [2.05, 4.69) is 24.2 Å². The van der Waals surface area contributed by atoms with E-state index in [9.17, 15) is 68.4 Å². The molecule has 30 heteroatoms. The number of carbonyl (C=O) groups is 12. The van der Waals surface area contributed by atoms with Gasteiger partial charge in [0.2, 0.25) is 6.10 Å². The summed E-state index contributed by atoms with van der Waals surface area (Å²) in [7, 11) is 0. The molecule has 1 amide bonds. The van der Waals surface area contributed by atoms with Crippen molar-refractivity contribution in [1.82, 2.24) is 5.32 Å². The first-order valence-corrected chi connectivity index (χ1v) is 41.9. The minimum atomic E-state index is -2.39. The lowest BCUT2D eigenvalue weighted by atomic mass is 9.43. The Bertz CT molecular complexity index is 5310. The molecule has 6 aromatic carbocycles. The fourth-order valence-corrected chi connectivity index (χ4v) is 20.6. The van der Waals surface area contributed by atoms with Gasteiger partial charge in [-0.05, 0) is 115 Å². The number of nitrogens with two attached hydrogens (primary N) is 1. The topological polar surface area (TPSA) is 457 Å². The molecule has 9 N–H and O–H groups in total. The molecule has 14 rings (SSSR count). The van der Waals surface area contributed by atoms with E-state index in [4.69, 9.17) is 57.8 Å². The third kappa shape index (κ3) is 17.3. The number of nitrogens with one attached hydrogen (secondary N) is 1. The molecule has 128 heavy (non-hydrogen) atoms. The summed E-state index contributed by atoms with van der Waals surface area (Å²) in [5, 5.41) is 54.1. The number of amides is 1. The van der Waals surface area contributed by atoms with Crippen LogP contribution in [0.25, 0.3) is 0 Å². The van der Waals surface area contributed by atoms with Crippen LogP contribution in [0, 0.1) is 39.4 Å². The second kappa shape index (κ2) is 37.8. The van der Waals surface area contributed by atoms with E-state index in [1.165, 1.54) is 57.2 Å². The van der Waals surface area contributed by atoms with Crippen molar-refractivity contribution in [2.75, 3.05) is 13.2 Å². The van der Waals surface area contributed by atoms with Crippen molar-refractivity contribution in [2.45, 2.75) is 217 Å². The largest absolute Gasteiger partial charge is 0.456 e. The van der Waals surface area contributed by atoms with Gasteiger partial charge in [0.1, 0.15) is 47.8 Å². The van der Waals surface area contributed by atoms with Crippen LogP contribution in [-0.4, -0.2) is 200 Å². The van der Waals surface area contributed by atoms with Crippen molar-refractivity contribution in [1.29, 1.82) is 0 Å². The summed E-state index contributed by atoms with van der Waals surface area (Å²) in [6, 6.07) is 46.3. The molecule has 2 heterocycles. The second-order valence-corrected chi connectivity index (χ2v) is 35.3. The van der Waals surface area contributed by atoms with E-state index in [1.807, 2.05) is 6.92 Å². The van der Waals surface area contributed by atoms with Crippen LogP contribution >= 0.6 is 0 Å². The molecule has 30 nitrogen and oxygen atoms in total. The lowest BCUT2D eigenvalue weighted by molar-refractivity contribution is -0.346. The molecule has 2 saturated heterocycles. The van der Waals surface area contributed by atoms with Gasteiger partial charge in [-0.2, -0.15) is 0 Å². The number of benzene rings is 6. The molecule has 4 bridgehead atoms. The first-order valence-electron chi connectivity index (χ1n) is 41.9. The zero-order chi connectivity index (χ0) is 92.6. The predicted molar refractivity (Wildman–Crippen MR) is 457 cm³/mol. The average molecular weight is 1760 g/mol. The van der Waals surface area contributed by atoms with Crippen molar-refractivity contribution in [2.24, 2.45) is 45.1 Å². The Hall–Kier alpha value is -12.0. The number of rotatable bonds is 20. The minimum absolute atomic E-state index is 0. The second-order valence-electron chi connectivity index (χ2n) is 35.3. The van der Waals surface area contributed by atoms with Gasteiger partial charge in [-0.15, -0.1) is 5.73 Å². The van der Waals surface area contributed by atoms with Crippen LogP contribution in [0.1, 0.15) is 180 Å². The normalized spacial score (nSPS) is 30.9. The summed E-state index contributed by atoms with van der Waals surface area (Å²) in [6.07, 6.45) is -17.9. The van der Waals surface area contributed by atoms with E-state index in [1.54, 1.807) is 187 Å². The van der Waals surface area contributed by atoms with Gasteiger partial charge in [0.25, 0.3) is 5.91 Å². The molecular formula is C98H110N2O28. The van der Waals surface area contributed by atoms with Crippen molar-refractivity contribution < 1.29 is 136 Å². The molecule has 2 aliphatic heterocycles. The highest BCUT2D eigenvalue weighted by atomic mass is 16.7. The molecule has 0 aromatic heterocycles. The fraction of sp³-hybridized carbons (Fsp3) is 0.439. The lowest BCUT2D eigenvalue weighted by Gasteiger charge is -2.68. The number of aliphatic hydroxyl groups excluding tert-OH is 2. The molecule has 6 fully saturated rings. The molecule has 22 atom stereocenters. The minimum Gasteiger partial charge on any atom is -0.456 e. The molecule has 0 radical (unpaired) electrons. The van der Waals surface area contributed by atoms with E-state index in [-0.39, 0.29) is 76.1 Å². The molecular weight excluding hydrogens is 1650 g/mol. The molecule has 5 unspecified atom stereocenters. The molecule has 8 aliphatic rings. The number of ether oxygens (including phenoxy) is 11. The highest BCUT2D eigenvalue weighted by molar-refractivity contribution is 5.98. The summed E-state index contributed by atoms with van der Waals surface area (Å²) in [4.78, 5) is 168. The maximum absolute atomic E-state index is 15.7. The number of ketones is 2. The summed E-state index contributed by atoms with van der Waals surface area (Å²) in [6.45, 7) is 24.7. The molecule has 680 valence electrons. The van der Waals surface area contributed by atoms with Gasteiger partial charge < -0.3 is 89.1 Å². The van der Waals surface area contributed by atoms with Gasteiger partial charge in [-0.3, -0.25) is 33.6 Å². The lowest BCUT2D eigenvalue weighted by Crippen LogP contribution is -2.82. The number of aliphatic hydroxyl groups is 4. The number of carbonyl (C=O) groups excluding carboxylic acids is 12. The predicted octanol–water partition coefficient (Wildman–Crippen LogP) is 9.27. The highest BCUT2D eigenvalue weighted by Crippen LogP contribution is 2.68. The Morgan fingerprint density at radius 1 is 0.492 bits per heavy atom. The maximum Gasteiger partial charge on any atom is 0.350 e. The summed E-state index contributed by atoms with van der Waals surface area (Å²) in [5.41, 5.74) is -4.03. The molecule has 0 spiro atoms. The van der Waals surface area contributed by atoms with Crippen LogP contribution in [0.5, 0.6) is 0 Å². The van der Waals surface area contributed by atoms with Crippen LogP contribution in [0.2, 0.25) is 0 Å². The summed E-state index contributed by atoms with van der Waals surface area (Å²) >= 11 is 0. The third-order valence-electron chi connectivity index (χ3n) is 27.4. The van der Waals surface area contributed by atoms with Crippen molar-refractivity contribution in [3.63, 3.8) is 0 Å². The number of hydrogen-bond acceptors (Lipinski definition) is 28. The first kappa shape index (κ1) is 96.7. The quantitative estimate of drug-likeness (QED) is 0.0179. The van der Waals surface area contributed by atoms with Gasteiger partial charge in [0.15, 0.2) is 41.1 Å². The Morgan fingerprint density at radius 2 is 0.844 bits per heavy atom. The Kier molecular flexibility index (Phi) is 28.5. The van der Waals surface area contributed by atoms with Crippen LogP contribution in [-0.2, 0) is 90.5 Å². The van der Waals surface area contributed by atoms with Crippen LogP contribution < -0.4 is 11.1 Å². The van der Waals surface area contributed by atoms with Gasteiger partial charge in [0, 0.05) is 68.8 Å². The summed E-state index contributed by atoms with van der Waals surface area (Å²) < 4.78 is 67.1. The third-order valence-corrected chi connectivity index (χ3v) is 27.4. The smallest absolute Gasteiger partial charge is 0.350 e. The Balaban J connectivity index is 0.000000239. The zero-order valence-electron chi connectivity index (χ0n) is 73.5. The SMILES string of the molecule is C=C=C.CC(=O)O[C@H]1C(=O)[C@@]2(C)[C@H]([C@H](OC(=O)c3ccccc3)[C@]3(O)CC(OC(=O)C(OC(=O)c4ccccc4)C(N)c4ccccc4)C(C)=C1C3(C)C)[C@]1(OC(C)=O)CO[C@@H]1C[C@@H]2C.CC(=O)O[C@H]1C(=O)[C@@]2(C)[C@H]([C@H](OC(=O)c3ccccc3)[C@]3(O)CC(OC(=O)[C@H](O)C(NC(=O)c4ccccc4)c4ccccc4)C(C)=C1C3(C)C)[C@]1(OC(C)=O)CO[C@@H]1C[C@@H]2O.O. The molecule has 6 aliphatic carbocycles. The first-order chi connectivity index (χ1) is 60.0. The number of hydrogen-bond donors (Lipinski definition) is 6. The van der Waals surface area contributed by atoms with Gasteiger partial charge >= 0.3 is 53.7 Å². The van der Waals surface area contributed by atoms with E-state index >= 15 is 9.59 Å². The summed E-state index contributed by atoms with van der Waals surface area (Å²) in [5.74, 6) is -13.6. The van der Waals surface area contributed by atoms with Crippen LogP contribution in [0.3, 0.4) is 0 Å². The van der Waals surface area contributed by atoms with Crippen LogP contribution in [0.4, 0.5) is 0 Å². The fourth-order valence-electron chi connectivity index (χ4n) is 20.6. The van der Waals surface area contributed by atoms with Gasteiger partial charge in [-0.25, -0.2) is 24.0 Å². The molecule has 4 saturated carbocycles. The number of fused-ring (bicyclic) bond motifs is 10. The van der Waals surface area contributed by atoms with Crippen LogP contribution in [0.15, 0.2) is 223 Å². The van der Waals surface area contributed by atoms with Gasteiger partial charge in [0.05, 0.1) is 65.3 Å². The Labute approximate surface area is 740 Å².